The molecule has 0 radical (unpaired) electrons. The summed E-state index contributed by atoms with van der Waals surface area (Å²) in [6.07, 6.45) is 13.5. The summed E-state index contributed by atoms with van der Waals surface area (Å²) in [4.78, 5) is 48.2. The van der Waals surface area contributed by atoms with Crippen LogP contribution in [0.1, 0.15) is 112 Å². The summed E-state index contributed by atoms with van der Waals surface area (Å²) in [7, 11) is 0. The lowest BCUT2D eigenvalue weighted by molar-refractivity contribution is -0.187. The molecule has 10 rings (SSSR count). The molecule has 284 valence electrons. The molecular weight excluding hydrogens is 703 g/mol. The number of hydrogen-bond acceptors (Lipinski definition) is 8. The topological polar surface area (TPSA) is 104 Å². The van der Waals surface area contributed by atoms with Crippen LogP contribution in [0.25, 0.3) is 0 Å². The van der Waals surface area contributed by atoms with Gasteiger partial charge in [-0.25, -0.2) is 0 Å². The maximum atomic E-state index is 15.1. The van der Waals surface area contributed by atoms with Gasteiger partial charge in [0.05, 0.1) is 28.5 Å². The molecule has 2 spiro atoms. The number of carbonyl (C=O) groups is 3. The molecule has 53 heavy (non-hydrogen) atoms. The molecule has 8 aliphatic rings. The first-order chi connectivity index (χ1) is 24.9. The Bertz CT molecular complexity index is 1960. The summed E-state index contributed by atoms with van der Waals surface area (Å²) in [5.74, 6) is -0.215. The van der Waals surface area contributed by atoms with E-state index in [4.69, 9.17) is 4.74 Å². The summed E-state index contributed by atoms with van der Waals surface area (Å²) in [5, 5.41) is 26.4. The van der Waals surface area contributed by atoms with Crippen molar-refractivity contribution in [2.75, 3.05) is 13.1 Å². The lowest BCUT2D eigenvalue weighted by atomic mass is 9.32. The molecule has 4 saturated carbocycles. The van der Waals surface area contributed by atoms with Gasteiger partial charge in [-0.15, -0.1) is 22.7 Å². The minimum absolute atomic E-state index is 0.0174. The molecule has 7 nitrogen and oxygen atoms in total. The molecule has 5 fully saturated rings. The summed E-state index contributed by atoms with van der Waals surface area (Å²) in [6, 6.07) is 8.09. The van der Waals surface area contributed by atoms with Crippen molar-refractivity contribution < 1.29 is 29.3 Å². The molecule has 1 aliphatic heterocycles. The number of allylic oxidation sites excluding steroid dienone is 4. The Balaban J connectivity index is 1.12. The number of esters is 1. The third-order valence-electron chi connectivity index (χ3n) is 17.3. The van der Waals surface area contributed by atoms with Crippen molar-refractivity contribution >= 4 is 40.3 Å². The third kappa shape index (κ3) is 4.32. The van der Waals surface area contributed by atoms with E-state index in [1.54, 1.807) is 22.7 Å². The van der Waals surface area contributed by atoms with Crippen molar-refractivity contribution in [1.82, 2.24) is 4.90 Å². The number of ketones is 1. The number of hydrogen-bond donors (Lipinski definition) is 2. The van der Waals surface area contributed by atoms with Crippen molar-refractivity contribution in [3.05, 3.63) is 68.1 Å². The van der Waals surface area contributed by atoms with E-state index in [2.05, 4.69) is 38.1 Å². The second kappa shape index (κ2) is 11.3. The Labute approximate surface area is 321 Å². The van der Waals surface area contributed by atoms with E-state index >= 15 is 4.79 Å². The van der Waals surface area contributed by atoms with Crippen LogP contribution >= 0.6 is 22.7 Å². The van der Waals surface area contributed by atoms with Gasteiger partial charge in [0.15, 0.2) is 11.4 Å². The van der Waals surface area contributed by atoms with Gasteiger partial charge in [-0.3, -0.25) is 14.4 Å². The lowest BCUT2D eigenvalue weighted by Crippen LogP contribution is -2.68. The zero-order valence-electron chi connectivity index (χ0n) is 32.1. The van der Waals surface area contributed by atoms with Gasteiger partial charge in [0.1, 0.15) is 0 Å². The van der Waals surface area contributed by atoms with Crippen LogP contribution in [0.5, 0.6) is 0 Å². The van der Waals surface area contributed by atoms with Crippen molar-refractivity contribution in [2.24, 2.45) is 44.3 Å². The number of nitrogens with zero attached hydrogens (tertiary/aromatic N) is 1. The van der Waals surface area contributed by atoms with E-state index in [0.29, 0.717) is 38.6 Å². The molecule has 4 bridgehead atoms. The van der Waals surface area contributed by atoms with Crippen LogP contribution in [0.4, 0.5) is 0 Å². The molecule has 2 aromatic heterocycles. The molecule has 10 atom stereocenters. The number of aryl methyl sites for hydroxylation is 1. The Kier molecular flexibility index (Phi) is 7.66. The fourth-order valence-corrected chi connectivity index (χ4v) is 15.1. The highest BCUT2D eigenvalue weighted by molar-refractivity contribution is 7.14. The largest absolute Gasteiger partial charge is 0.448 e. The molecule has 9 heteroatoms. The van der Waals surface area contributed by atoms with Gasteiger partial charge in [-0.2, -0.15) is 0 Å². The molecule has 0 aromatic carbocycles. The second-order valence-electron chi connectivity index (χ2n) is 19.3. The average Bonchev–Trinajstić information content (AvgIpc) is 3.91. The van der Waals surface area contributed by atoms with Gasteiger partial charge in [0.2, 0.25) is 0 Å². The van der Waals surface area contributed by atoms with E-state index in [9.17, 15) is 19.8 Å². The molecule has 1 unspecified atom stereocenters. The number of thiophene rings is 2. The first-order valence-corrected chi connectivity index (χ1v) is 21.6. The minimum Gasteiger partial charge on any atom is -0.448 e. The smallest absolute Gasteiger partial charge is 0.313 e. The molecule has 2 aromatic rings. The average molecular weight is 758 g/mol. The summed E-state index contributed by atoms with van der Waals surface area (Å²) in [5.41, 5.74) is -4.71. The Hall–Kier alpha value is -2.59. The normalized spacial score (nSPS) is 44.3. The standard InChI is InChI=1S/C44H55NO6S2/c1-27-9-10-31(53-27)34(47)30-25-41-19-20-43(30)32(38(41,4)15-11-28(46)24-41)12-16-39(5)33(43)13-17-42(39,50)26-45(22-14-29-8-7-23-52-29)35(48)44-21-18-40(6,36(49)51-44)37(44,2)3/h7-10,19-20,23,25,28,32-33,46,50H,11-18,21-22,24,26H2,1-6H3/t28?,32-,33-,38-,39+,40+,41+,42-,43-,44-/m1/s1. The highest BCUT2D eigenvalue weighted by Gasteiger charge is 2.78. The van der Waals surface area contributed by atoms with Crippen LogP contribution in [0.3, 0.4) is 0 Å². The van der Waals surface area contributed by atoms with E-state index < -0.39 is 39.0 Å². The molecule has 1 saturated heterocycles. The Morgan fingerprint density at radius 3 is 2.34 bits per heavy atom. The molecule has 7 aliphatic carbocycles. The van der Waals surface area contributed by atoms with E-state index in [1.807, 2.05) is 56.2 Å². The van der Waals surface area contributed by atoms with Crippen LogP contribution in [0, 0.1) is 51.2 Å². The number of carbonyl (C=O) groups excluding carboxylic acids is 3. The van der Waals surface area contributed by atoms with E-state index in [0.717, 1.165) is 47.4 Å². The van der Waals surface area contributed by atoms with Crippen molar-refractivity contribution in [2.45, 2.75) is 123 Å². The molecule has 2 N–H and O–H groups in total. The first kappa shape index (κ1) is 36.1. The Morgan fingerprint density at radius 1 is 0.943 bits per heavy atom. The molecular formula is C44H55NO6S2. The zero-order valence-corrected chi connectivity index (χ0v) is 33.8. The summed E-state index contributed by atoms with van der Waals surface area (Å²) >= 11 is 3.21. The van der Waals surface area contributed by atoms with Crippen LogP contribution in [-0.4, -0.2) is 63.2 Å². The monoisotopic (exact) mass is 757 g/mol. The summed E-state index contributed by atoms with van der Waals surface area (Å²) < 4.78 is 6.16. The van der Waals surface area contributed by atoms with E-state index in [-0.39, 0.29) is 46.9 Å². The van der Waals surface area contributed by atoms with Gasteiger partial charge in [-0.1, -0.05) is 52.0 Å². The predicted molar refractivity (Wildman–Crippen MR) is 206 cm³/mol. The van der Waals surface area contributed by atoms with Crippen molar-refractivity contribution in [1.29, 1.82) is 0 Å². The number of Topliss-reactive ketones (excluding diaryl/α,β-unsaturated/α-hetero) is 1. The predicted octanol–water partition coefficient (Wildman–Crippen LogP) is 8.09. The van der Waals surface area contributed by atoms with Crippen molar-refractivity contribution in [3.63, 3.8) is 0 Å². The fourth-order valence-electron chi connectivity index (χ4n) is 13.5. The van der Waals surface area contributed by atoms with E-state index in [1.165, 1.54) is 4.88 Å². The number of amides is 1. The number of aliphatic hydroxyl groups is 2. The minimum atomic E-state index is -1.26. The number of ether oxygens (including phenoxy) is 1. The van der Waals surface area contributed by atoms with Gasteiger partial charge in [-0.05, 0) is 119 Å². The maximum absolute atomic E-state index is 15.1. The van der Waals surface area contributed by atoms with Gasteiger partial charge < -0.3 is 19.8 Å². The van der Waals surface area contributed by atoms with Crippen LogP contribution in [0.2, 0.25) is 0 Å². The maximum Gasteiger partial charge on any atom is 0.313 e. The highest BCUT2D eigenvalue weighted by atomic mass is 32.1. The SMILES string of the molecule is Cc1ccc(C(=O)C2=C[C@@]34C=C[C@@]25[C@@H]2CC[C@@](O)(CN(CCc6cccs6)C(=O)[C@@]67CC[C@@](C)(C(=O)O6)C7(C)C)[C@@]2(C)CC[C@@H]5[C@@]3(C)CCC(O)C4)s1. The van der Waals surface area contributed by atoms with Gasteiger partial charge in [0, 0.05) is 43.5 Å². The molecule has 1 amide bonds. The zero-order chi connectivity index (χ0) is 37.6. The third-order valence-corrected chi connectivity index (χ3v) is 19.2. The van der Waals surface area contributed by atoms with Crippen molar-refractivity contribution in [3.8, 4) is 0 Å². The number of rotatable bonds is 8. The van der Waals surface area contributed by atoms with Crippen LogP contribution in [0.15, 0.2) is 53.4 Å². The number of aliphatic hydroxyl groups excluding tert-OH is 1. The van der Waals surface area contributed by atoms with Crippen LogP contribution in [-0.2, 0) is 20.7 Å². The lowest BCUT2D eigenvalue weighted by Gasteiger charge is -2.71. The molecule has 3 heterocycles. The number of fused-ring (bicyclic) bond motifs is 3. The second-order valence-corrected chi connectivity index (χ2v) is 21.6. The quantitative estimate of drug-likeness (QED) is 0.160. The Morgan fingerprint density at radius 2 is 1.68 bits per heavy atom. The van der Waals surface area contributed by atoms with Gasteiger partial charge >= 0.3 is 5.97 Å². The first-order valence-electron chi connectivity index (χ1n) is 19.9. The fraction of sp³-hybridized carbons (Fsp3) is 0.659. The highest BCUT2D eigenvalue weighted by Crippen LogP contribution is 2.78. The summed E-state index contributed by atoms with van der Waals surface area (Å²) in [6.45, 7) is 13.2. The van der Waals surface area contributed by atoms with Gasteiger partial charge in [0.25, 0.3) is 5.91 Å². The van der Waals surface area contributed by atoms with Crippen LogP contribution < -0.4 is 0 Å².